The van der Waals surface area contributed by atoms with Crippen LogP contribution in [0.25, 0.3) is 0 Å². The lowest BCUT2D eigenvalue weighted by atomic mass is 9.98. The summed E-state index contributed by atoms with van der Waals surface area (Å²) in [4.78, 5) is 0.478. The Hall–Kier alpha value is -0.210. The monoisotopic (exact) mass is 324 g/mol. The van der Waals surface area contributed by atoms with Gasteiger partial charge in [0.25, 0.3) is 10.0 Å². The number of sulfonamides is 1. The lowest BCUT2D eigenvalue weighted by Crippen LogP contribution is -2.41. The molecule has 1 aromatic heterocycles. The molecule has 0 aliphatic carbocycles. The van der Waals surface area contributed by atoms with E-state index in [1.807, 2.05) is 0 Å². The van der Waals surface area contributed by atoms with Crippen LogP contribution >= 0.6 is 35.2 Å². The third-order valence-electron chi connectivity index (χ3n) is 3.00. The Morgan fingerprint density at radius 1 is 1.44 bits per heavy atom. The summed E-state index contributed by atoms with van der Waals surface area (Å²) < 4.78 is 26.8. The quantitative estimate of drug-likeness (QED) is 0.865. The molecule has 18 heavy (non-hydrogen) atoms. The van der Waals surface area contributed by atoms with E-state index in [2.05, 4.69) is 0 Å². The summed E-state index contributed by atoms with van der Waals surface area (Å²) in [5.41, 5.74) is 5.58. The summed E-state index contributed by atoms with van der Waals surface area (Å²) in [6.45, 7) is 0.916. The van der Waals surface area contributed by atoms with Crippen LogP contribution in [0.5, 0.6) is 0 Å². The van der Waals surface area contributed by atoms with E-state index in [0.29, 0.717) is 39.5 Å². The van der Waals surface area contributed by atoms with Crippen molar-refractivity contribution in [1.29, 1.82) is 0 Å². The molecule has 0 spiro atoms. The molecule has 2 rings (SSSR count). The highest BCUT2D eigenvalue weighted by Gasteiger charge is 2.31. The van der Waals surface area contributed by atoms with Gasteiger partial charge in [0.05, 0.1) is 9.32 Å². The molecular weight excluding hydrogens is 312 g/mol. The Morgan fingerprint density at radius 2 is 2.06 bits per heavy atom. The first-order chi connectivity index (χ1) is 8.41. The Kier molecular flexibility index (Phi) is 4.28. The average Bonchev–Trinajstić information content (AvgIpc) is 2.76. The Morgan fingerprint density at radius 3 is 2.50 bits per heavy atom. The lowest BCUT2D eigenvalue weighted by Gasteiger charge is -2.30. The van der Waals surface area contributed by atoms with Crippen molar-refractivity contribution in [3.63, 3.8) is 0 Å². The van der Waals surface area contributed by atoms with E-state index in [0.717, 1.165) is 11.3 Å². The summed E-state index contributed by atoms with van der Waals surface area (Å²) in [5, 5.41) is 0. The zero-order valence-corrected chi connectivity index (χ0v) is 12.7. The van der Waals surface area contributed by atoms with Gasteiger partial charge in [-0.2, -0.15) is 4.31 Å². The van der Waals surface area contributed by atoms with Crippen LogP contribution in [0, 0.1) is 5.92 Å². The molecule has 100 valence electrons. The number of hydrogen-bond donors (Lipinski definition) is 1. The number of hydrogen-bond acceptors (Lipinski definition) is 4. The van der Waals surface area contributed by atoms with Gasteiger partial charge in [-0.1, -0.05) is 23.8 Å². The molecule has 2 heterocycles. The molecule has 0 aromatic carbocycles. The van der Waals surface area contributed by atoms with Gasteiger partial charge in [0.15, 0.2) is 0 Å². The van der Waals surface area contributed by atoms with Gasteiger partial charge in [-0.05, 0) is 25.0 Å². The van der Waals surface area contributed by atoms with E-state index in [9.17, 15) is 8.42 Å². The molecule has 1 aromatic rings. The van der Waals surface area contributed by atoms with Crippen molar-refractivity contribution in [2.24, 2.45) is 11.7 Å². The standard InChI is InChI=1S/C10H13ClN2O2S3/c11-8-1-2-9(17-8)18(14,15)13-5-3-7(4-6-13)10(12)16/h1-2,7H,3-6H2,(H2,12,16). The first-order valence-corrected chi connectivity index (χ1v) is 8.50. The second-order valence-electron chi connectivity index (χ2n) is 4.14. The first kappa shape index (κ1) is 14.2. The van der Waals surface area contributed by atoms with Crippen LogP contribution in [-0.2, 0) is 10.0 Å². The second-order valence-corrected chi connectivity index (χ2v) is 8.49. The van der Waals surface area contributed by atoms with E-state index in [4.69, 9.17) is 29.6 Å². The molecule has 2 N–H and O–H groups in total. The van der Waals surface area contributed by atoms with Crippen molar-refractivity contribution in [3.8, 4) is 0 Å². The maximum absolute atomic E-state index is 12.3. The number of nitrogens with zero attached hydrogens (tertiary/aromatic N) is 1. The molecule has 0 saturated carbocycles. The van der Waals surface area contributed by atoms with Crippen LogP contribution in [0.2, 0.25) is 4.34 Å². The van der Waals surface area contributed by atoms with Crippen molar-refractivity contribution in [3.05, 3.63) is 16.5 Å². The Bertz CT molecular complexity index is 547. The molecule has 4 nitrogen and oxygen atoms in total. The number of thiophene rings is 1. The molecule has 8 heteroatoms. The molecule has 1 saturated heterocycles. The largest absolute Gasteiger partial charge is 0.393 e. The summed E-state index contributed by atoms with van der Waals surface area (Å²) >= 11 is 11.8. The SMILES string of the molecule is NC(=S)C1CCN(S(=O)(=O)c2ccc(Cl)s2)CC1. The van der Waals surface area contributed by atoms with Crippen LogP contribution in [0.3, 0.4) is 0 Å². The second kappa shape index (κ2) is 5.42. The molecule has 1 fully saturated rings. The van der Waals surface area contributed by atoms with Gasteiger partial charge in [-0.15, -0.1) is 11.3 Å². The highest BCUT2D eigenvalue weighted by Crippen LogP contribution is 2.30. The normalized spacial score (nSPS) is 18.9. The van der Waals surface area contributed by atoms with Gasteiger partial charge in [-0.3, -0.25) is 0 Å². The number of thiocarbonyl (C=S) groups is 1. The highest BCUT2D eigenvalue weighted by atomic mass is 35.5. The van der Waals surface area contributed by atoms with Crippen molar-refractivity contribution in [2.45, 2.75) is 17.1 Å². The van der Waals surface area contributed by atoms with Crippen LogP contribution in [0.4, 0.5) is 0 Å². The van der Waals surface area contributed by atoms with E-state index in [-0.39, 0.29) is 5.92 Å². The Balaban J connectivity index is 2.12. The van der Waals surface area contributed by atoms with E-state index >= 15 is 0 Å². The van der Waals surface area contributed by atoms with Gasteiger partial charge < -0.3 is 5.73 Å². The summed E-state index contributed by atoms with van der Waals surface area (Å²) in [6, 6.07) is 3.14. The van der Waals surface area contributed by atoms with Crippen molar-refractivity contribution >= 4 is 50.2 Å². The van der Waals surface area contributed by atoms with E-state index in [1.54, 1.807) is 12.1 Å². The van der Waals surface area contributed by atoms with Crippen LogP contribution in [0.1, 0.15) is 12.8 Å². The molecular formula is C10H13ClN2O2S3. The molecule has 1 aliphatic rings. The molecule has 0 atom stereocenters. The fourth-order valence-corrected chi connectivity index (χ4v) is 5.29. The molecule has 1 aliphatic heterocycles. The fraction of sp³-hybridized carbons (Fsp3) is 0.500. The summed E-state index contributed by atoms with van der Waals surface area (Å²) in [6.07, 6.45) is 1.38. The maximum Gasteiger partial charge on any atom is 0.252 e. The summed E-state index contributed by atoms with van der Waals surface area (Å²) in [5.74, 6) is 0.151. The maximum atomic E-state index is 12.3. The minimum absolute atomic E-state index is 0.151. The van der Waals surface area contributed by atoms with E-state index in [1.165, 1.54) is 4.31 Å². The number of halogens is 1. The third-order valence-corrected chi connectivity index (χ3v) is 6.93. The highest BCUT2D eigenvalue weighted by molar-refractivity contribution is 7.91. The fourth-order valence-electron chi connectivity index (χ4n) is 1.94. The van der Waals surface area contributed by atoms with Gasteiger partial charge in [0.1, 0.15) is 4.21 Å². The van der Waals surface area contributed by atoms with Crippen molar-refractivity contribution in [1.82, 2.24) is 4.31 Å². The predicted octanol–water partition coefficient (Wildman–Crippen LogP) is 2.09. The minimum atomic E-state index is -3.41. The molecule has 0 amide bonds. The minimum Gasteiger partial charge on any atom is -0.393 e. The summed E-state index contributed by atoms with van der Waals surface area (Å²) in [7, 11) is -3.41. The zero-order chi connectivity index (χ0) is 13.3. The smallest absolute Gasteiger partial charge is 0.252 e. The van der Waals surface area contributed by atoms with Crippen LogP contribution < -0.4 is 5.73 Å². The zero-order valence-electron chi connectivity index (χ0n) is 9.50. The lowest BCUT2D eigenvalue weighted by molar-refractivity contribution is 0.317. The topological polar surface area (TPSA) is 63.4 Å². The Labute approximate surface area is 121 Å². The number of rotatable bonds is 3. The van der Waals surface area contributed by atoms with Gasteiger partial charge in [0, 0.05) is 19.0 Å². The molecule has 0 unspecified atom stereocenters. The van der Waals surface area contributed by atoms with Gasteiger partial charge in [0.2, 0.25) is 0 Å². The first-order valence-electron chi connectivity index (χ1n) is 5.46. The van der Waals surface area contributed by atoms with Gasteiger partial charge >= 0.3 is 0 Å². The van der Waals surface area contributed by atoms with Crippen molar-refractivity contribution < 1.29 is 8.42 Å². The van der Waals surface area contributed by atoms with Crippen molar-refractivity contribution in [2.75, 3.05) is 13.1 Å². The van der Waals surface area contributed by atoms with Gasteiger partial charge in [-0.25, -0.2) is 8.42 Å². The number of nitrogens with two attached hydrogens (primary N) is 1. The predicted molar refractivity (Wildman–Crippen MR) is 77.6 cm³/mol. The van der Waals surface area contributed by atoms with Crippen LogP contribution in [0.15, 0.2) is 16.3 Å². The third kappa shape index (κ3) is 2.85. The molecule has 0 radical (unpaired) electrons. The average molecular weight is 325 g/mol. The van der Waals surface area contributed by atoms with E-state index < -0.39 is 10.0 Å². The number of piperidine rings is 1. The molecule has 0 bridgehead atoms. The van der Waals surface area contributed by atoms with Crippen LogP contribution in [-0.4, -0.2) is 30.8 Å².